The predicted octanol–water partition coefficient (Wildman–Crippen LogP) is 3.85. The Morgan fingerprint density at radius 3 is 2.48 bits per heavy atom. The maximum Gasteiger partial charge on any atom is 0.331 e. The van der Waals surface area contributed by atoms with E-state index >= 15 is 0 Å². The van der Waals surface area contributed by atoms with E-state index in [0.717, 1.165) is 22.4 Å². The molecule has 1 aromatic heterocycles. The van der Waals surface area contributed by atoms with Gasteiger partial charge in [0.1, 0.15) is 0 Å². The van der Waals surface area contributed by atoms with E-state index in [1.54, 1.807) is 12.2 Å². The number of carbonyl (C=O) groups is 2. The predicted molar refractivity (Wildman–Crippen MR) is 121 cm³/mol. The second kappa shape index (κ2) is 10.7. The van der Waals surface area contributed by atoms with Gasteiger partial charge in [-0.3, -0.25) is 9.48 Å². The van der Waals surface area contributed by atoms with Crippen LogP contribution in [0.4, 0.5) is 0 Å². The quantitative estimate of drug-likeness (QED) is 0.327. The minimum atomic E-state index is -0.897. The molecule has 0 aliphatic rings. The van der Waals surface area contributed by atoms with E-state index in [4.69, 9.17) is 9.84 Å². The molecule has 3 aromatic rings. The van der Waals surface area contributed by atoms with Crippen molar-refractivity contribution in [1.82, 2.24) is 15.1 Å². The Morgan fingerprint density at radius 1 is 1.13 bits per heavy atom. The minimum absolute atomic E-state index is 0.317. The van der Waals surface area contributed by atoms with Gasteiger partial charge in [-0.25, -0.2) is 4.79 Å². The van der Waals surface area contributed by atoms with E-state index in [-0.39, 0.29) is 5.91 Å². The number of nitrogens with zero attached hydrogens (tertiary/aromatic N) is 2. The summed E-state index contributed by atoms with van der Waals surface area (Å²) in [7, 11) is 0. The van der Waals surface area contributed by atoms with Crippen molar-refractivity contribution >= 4 is 18.0 Å². The van der Waals surface area contributed by atoms with Crippen LogP contribution in [-0.4, -0.2) is 34.3 Å². The standard InChI is InChI=1S/C25H25N3O3/c1-3-16-26-25(30)19(2)31-23(29)15-14-22-18-28(17-20-10-6-4-7-11-20)27-24(22)21-12-8-5-9-13-21/h3-15,18-19H,1,16-17H2,2H3,(H,26,30)/b15-14+/t19-/m0/s1. The summed E-state index contributed by atoms with van der Waals surface area (Å²) in [6, 6.07) is 19.8. The van der Waals surface area contributed by atoms with Gasteiger partial charge in [0.05, 0.1) is 12.2 Å². The van der Waals surface area contributed by atoms with Crippen molar-refractivity contribution in [2.45, 2.75) is 19.6 Å². The van der Waals surface area contributed by atoms with Gasteiger partial charge in [0.25, 0.3) is 5.91 Å². The molecule has 1 heterocycles. The van der Waals surface area contributed by atoms with Gasteiger partial charge in [-0.05, 0) is 18.6 Å². The van der Waals surface area contributed by atoms with E-state index in [0.29, 0.717) is 13.1 Å². The van der Waals surface area contributed by atoms with Gasteiger partial charge in [-0.1, -0.05) is 66.7 Å². The Labute approximate surface area is 181 Å². The highest BCUT2D eigenvalue weighted by molar-refractivity contribution is 5.91. The molecule has 1 atom stereocenters. The second-order valence-electron chi connectivity index (χ2n) is 6.93. The van der Waals surface area contributed by atoms with Gasteiger partial charge in [0, 0.05) is 29.9 Å². The van der Waals surface area contributed by atoms with Gasteiger partial charge >= 0.3 is 5.97 Å². The van der Waals surface area contributed by atoms with Crippen molar-refractivity contribution in [3.05, 3.63) is 96.7 Å². The lowest BCUT2D eigenvalue weighted by Crippen LogP contribution is -2.35. The maximum atomic E-state index is 12.2. The molecular weight excluding hydrogens is 390 g/mol. The normalized spacial score (nSPS) is 11.8. The van der Waals surface area contributed by atoms with Crippen LogP contribution in [0.2, 0.25) is 0 Å². The fourth-order valence-electron chi connectivity index (χ4n) is 2.97. The van der Waals surface area contributed by atoms with E-state index in [2.05, 4.69) is 11.9 Å². The number of amides is 1. The van der Waals surface area contributed by atoms with Crippen LogP contribution in [0.3, 0.4) is 0 Å². The Bertz CT molecular complexity index is 1060. The van der Waals surface area contributed by atoms with Crippen LogP contribution >= 0.6 is 0 Å². The van der Waals surface area contributed by atoms with Crippen LogP contribution in [0.1, 0.15) is 18.1 Å². The minimum Gasteiger partial charge on any atom is -0.449 e. The zero-order valence-corrected chi connectivity index (χ0v) is 17.4. The topological polar surface area (TPSA) is 73.2 Å². The molecule has 2 aromatic carbocycles. The first-order valence-corrected chi connectivity index (χ1v) is 10.0. The smallest absolute Gasteiger partial charge is 0.331 e. The molecule has 0 saturated carbocycles. The van der Waals surface area contributed by atoms with Gasteiger partial charge in [0.2, 0.25) is 0 Å². The summed E-state index contributed by atoms with van der Waals surface area (Å²) in [5.74, 6) is -0.974. The second-order valence-corrected chi connectivity index (χ2v) is 6.93. The van der Waals surface area contributed by atoms with Crippen LogP contribution in [0.5, 0.6) is 0 Å². The van der Waals surface area contributed by atoms with Crippen molar-refractivity contribution in [1.29, 1.82) is 0 Å². The van der Waals surface area contributed by atoms with Crippen molar-refractivity contribution in [3.8, 4) is 11.3 Å². The highest BCUT2D eigenvalue weighted by atomic mass is 16.5. The van der Waals surface area contributed by atoms with Crippen LogP contribution in [0.15, 0.2) is 85.6 Å². The molecular formula is C25H25N3O3. The Kier molecular flexibility index (Phi) is 7.54. The lowest BCUT2D eigenvalue weighted by Gasteiger charge is -2.10. The number of ether oxygens (including phenoxy) is 1. The summed E-state index contributed by atoms with van der Waals surface area (Å²) in [5.41, 5.74) is 3.61. The van der Waals surface area contributed by atoms with Gasteiger partial charge in [-0.2, -0.15) is 5.10 Å². The molecule has 0 bridgehead atoms. The van der Waals surface area contributed by atoms with E-state index in [9.17, 15) is 9.59 Å². The first-order chi connectivity index (χ1) is 15.1. The monoisotopic (exact) mass is 415 g/mol. The zero-order chi connectivity index (χ0) is 22.1. The van der Waals surface area contributed by atoms with Gasteiger partial charge < -0.3 is 10.1 Å². The number of nitrogens with one attached hydrogen (secondary N) is 1. The van der Waals surface area contributed by atoms with E-state index in [1.165, 1.54) is 13.0 Å². The third-order valence-electron chi connectivity index (χ3n) is 4.51. The maximum absolute atomic E-state index is 12.2. The van der Waals surface area contributed by atoms with Crippen molar-refractivity contribution in [2.24, 2.45) is 0 Å². The van der Waals surface area contributed by atoms with Gasteiger partial charge in [-0.15, -0.1) is 6.58 Å². The molecule has 0 aliphatic carbocycles. The number of aromatic nitrogens is 2. The lowest BCUT2D eigenvalue weighted by molar-refractivity contribution is -0.150. The molecule has 0 unspecified atom stereocenters. The van der Waals surface area contributed by atoms with Crippen molar-refractivity contribution < 1.29 is 14.3 Å². The zero-order valence-electron chi connectivity index (χ0n) is 17.4. The molecule has 0 fully saturated rings. The molecule has 3 rings (SSSR count). The number of benzene rings is 2. The Hall–Kier alpha value is -3.93. The van der Waals surface area contributed by atoms with Crippen molar-refractivity contribution in [3.63, 3.8) is 0 Å². The highest BCUT2D eigenvalue weighted by Gasteiger charge is 2.16. The molecule has 0 saturated heterocycles. The molecule has 1 N–H and O–H groups in total. The first-order valence-electron chi connectivity index (χ1n) is 10.0. The van der Waals surface area contributed by atoms with Crippen LogP contribution in [-0.2, 0) is 20.9 Å². The molecule has 31 heavy (non-hydrogen) atoms. The molecule has 0 spiro atoms. The summed E-state index contributed by atoms with van der Waals surface area (Å²) in [4.78, 5) is 24.1. The molecule has 6 heteroatoms. The Morgan fingerprint density at radius 2 is 1.81 bits per heavy atom. The largest absolute Gasteiger partial charge is 0.449 e. The van der Waals surface area contributed by atoms with E-state index < -0.39 is 12.1 Å². The summed E-state index contributed by atoms with van der Waals surface area (Å²) in [5, 5.41) is 7.31. The summed E-state index contributed by atoms with van der Waals surface area (Å²) in [6.07, 6.45) is 5.52. The number of hydrogen-bond donors (Lipinski definition) is 1. The highest BCUT2D eigenvalue weighted by Crippen LogP contribution is 2.23. The van der Waals surface area contributed by atoms with Crippen LogP contribution < -0.4 is 5.32 Å². The molecule has 0 radical (unpaired) electrons. The van der Waals surface area contributed by atoms with Crippen molar-refractivity contribution in [2.75, 3.05) is 6.54 Å². The third-order valence-corrected chi connectivity index (χ3v) is 4.51. The molecule has 6 nitrogen and oxygen atoms in total. The number of carbonyl (C=O) groups excluding carboxylic acids is 2. The number of hydrogen-bond acceptors (Lipinski definition) is 4. The SMILES string of the molecule is C=CCNC(=O)[C@H](C)OC(=O)/C=C/c1cn(Cc2ccccc2)nc1-c1ccccc1. The lowest BCUT2D eigenvalue weighted by atomic mass is 10.1. The molecule has 0 aliphatic heterocycles. The number of esters is 1. The fourth-order valence-corrected chi connectivity index (χ4v) is 2.97. The summed E-state index contributed by atoms with van der Waals surface area (Å²) >= 11 is 0. The fraction of sp³-hybridized carbons (Fsp3) is 0.160. The average Bonchev–Trinajstić information content (AvgIpc) is 3.19. The third kappa shape index (κ3) is 6.27. The molecule has 158 valence electrons. The summed E-state index contributed by atoms with van der Waals surface area (Å²) < 4.78 is 7.02. The van der Waals surface area contributed by atoms with Crippen LogP contribution in [0, 0.1) is 0 Å². The van der Waals surface area contributed by atoms with E-state index in [1.807, 2.05) is 71.5 Å². The first kappa shape index (κ1) is 21.8. The number of rotatable bonds is 9. The van der Waals surface area contributed by atoms with Crippen LogP contribution in [0.25, 0.3) is 17.3 Å². The molecule has 1 amide bonds. The average molecular weight is 415 g/mol. The summed E-state index contributed by atoms with van der Waals surface area (Å²) in [6.45, 7) is 5.99. The van der Waals surface area contributed by atoms with Gasteiger partial charge in [0.15, 0.2) is 6.10 Å². The Balaban J connectivity index is 1.77.